The van der Waals surface area contributed by atoms with Crippen LogP contribution in [0.4, 0.5) is 0 Å². The second-order valence-corrected chi connectivity index (χ2v) is 7.64. The van der Waals surface area contributed by atoms with Crippen molar-refractivity contribution < 1.29 is 9.84 Å². The average Bonchev–Trinajstić information content (AvgIpc) is 2.11. The maximum Gasteiger partial charge on any atom is 0.0958 e. The standard InChI is InChI=1S/C14H28O2/c1-11(2,3)8-9-14(15)10-12(4,5)16-13(14,6)7/h15H,8-10H2,1-7H3. The van der Waals surface area contributed by atoms with E-state index in [4.69, 9.17) is 4.74 Å². The van der Waals surface area contributed by atoms with Crippen LogP contribution in [0.1, 0.15) is 67.7 Å². The molecule has 0 aromatic rings. The number of hydrogen-bond donors (Lipinski definition) is 1. The molecule has 1 aliphatic heterocycles. The van der Waals surface area contributed by atoms with E-state index in [-0.39, 0.29) is 11.0 Å². The average molecular weight is 228 g/mol. The second kappa shape index (κ2) is 3.71. The van der Waals surface area contributed by atoms with Gasteiger partial charge in [0, 0.05) is 6.42 Å². The summed E-state index contributed by atoms with van der Waals surface area (Å²) in [7, 11) is 0. The van der Waals surface area contributed by atoms with Crippen LogP contribution in [-0.2, 0) is 4.74 Å². The molecule has 2 nitrogen and oxygen atoms in total. The van der Waals surface area contributed by atoms with Gasteiger partial charge in [-0.3, -0.25) is 0 Å². The molecule has 0 aromatic heterocycles. The van der Waals surface area contributed by atoms with E-state index in [0.29, 0.717) is 0 Å². The maximum absolute atomic E-state index is 10.8. The van der Waals surface area contributed by atoms with Gasteiger partial charge in [-0.25, -0.2) is 0 Å². The fourth-order valence-corrected chi connectivity index (χ4v) is 2.71. The van der Waals surface area contributed by atoms with Crippen molar-refractivity contribution in [2.45, 2.75) is 84.5 Å². The summed E-state index contributed by atoms with van der Waals surface area (Å²) < 4.78 is 5.97. The molecule has 1 saturated heterocycles. The molecule has 96 valence electrons. The maximum atomic E-state index is 10.8. The van der Waals surface area contributed by atoms with Crippen LogP contribution in [-0.4, -0.2) is 21.9 Å². The topological polar surface area (TPSA) is 29.5 Å². The summed E-state index contributed by atoms with van der Waals surface area (Å²) in [6.07, 6.45) is 2.56. The molecule has 0 spiro atoms. The van der Waals surface area contributed by atoms with Gasteiger partial charge in [-0.2, -0.15) is 0 Å². The molecule has 1 heterocycles. The van der Waals surface area contributed by atoms with Gasteiger partial charge in [0.2, 0.25) is 0 Å². The van der Waals surface area contributed by atoms with Crippen molar-refractivity contribution in [2.24, 2.45) is 5.41 Å². The molecule has 0 radical (unpaired) electrons. The SMILES string of the molecule is CC(C)(C)CCC1(O)CC(C)(C)OC1(C)C. The molecular weight excluding hydrogens is 200 g/mol. The summed E-state index contributed by atoms with van der Waals surface area (Å²) in [5.41, 5.74) is -1.08. The summed E-state index contributed by atoms with van der Waals surface area (Å²) in [5, 5.41) is 10.8. The van der Waals surface area contributed by atoms with Crippen molar-refractivity contribution in [1.29, 1.82) is 0 Å². The minimum absolute atomic E-state index is 0.212. The summed E-state index contributed by atoms with van der Waals surface area (Å²) in [5.74, 6) is 0. The summed E-state index contributed by atoms with van der Waals surface area (Å²) in [4.78, 5) is 0. The first-order valence-corrected chi connectivity index (χ1v) is 6.30. The Morgan fingerprint density at radius 1 is 1.12 bits per heavy atom. The first-order valence-electron chi connectivity index (χ1n) is 6.30. The van der Waals surface area contributed by atoms with E-state index in [9.17, 15) is 5.11 Å². The molecule has 0 amide bonds. The molecule has 1 aliphatic rings. The molecule has 1 rings (SSSR count). The molecule has 1 N–H and O–H groups in total. The lowest BCUT2D eigenvalue weighted by Gasteiger charge is -2.36. The van der Waals surface area contributed by atoms with Gasteiger partial charge in [0.25, 0.3) is 0 Å². The van der Waals surface area contributed by atoms with Gasteiger partial charge in [0.1, 0.15) is 0 Å². The molecule has 0 saturated carbocycles. The zero-order chi connectivity index (χ0) is 12.8. The molecule has 1 unspecified atom stereocenters. The largest absolute Gasteiger partial charge is 0.387 e. The Morgan fingerprint density at radius 3 is 1.94 bits per heavy atom. The number of aliphatic hydroxyl groups is 1. The van der Waals surface area contributed by atoms with Crippen LogP contribution in [0.25, 0.3) is 0 Å². The van der Waals surface area contributed by atoms with Gasteiger partial charge in [-0.05, 0) is 46.0 Å². The number of ether oxygens (including phenoxy) is 1. The van der Waals surface area contributed by atoms with Crippen molar-refractivity contribution in [3.8, 4) is 0 Å². The Morgan fingerprint density at radius 2 is 1.62 bits per heavy atom. The second-order valence-electron chi connectivity index (χ2n) is 7.64. The zero-order valence-electron chi connectivity index (χ0n) is 12.0. The minimum atomic E-state index is -0.691. The first-order chi connectivity index (χ1) is 6.87. The van der Waals surface area contributed by atoms with E-state index >= 15 is 0 Å². The smallest absolute Gasteiger partial charge is 0.0958 e. The third kappa shape index (κ3) is 2.98. The van der Waals surface area contributed by atoms with Crippen molar-refractivity contribution in [2.75, 3.05) is 0 Å². The Hall–Kier alpha value is -0.0800. The van der Waals surface area contributed by atoms with Crippen molar-refractivity contribution in [3.05, 3.63) is 0 Å². The minimum Gasteiger partial charge on any atom is -0.387 e. The third-order valence-corrected chi connectivity index (χ3v) is 3.66. The van der Waals surface area contributed by atoms with Crippen LogP contribution in [0.2, 0.25) is 0 Å². The molecule has 1 atom stereocenters. The lowest BCUT2D eigenvalue weighted by molar-refractivity contribution is -0.130. The fraction of sp³-hybridized carbons (Fsp3) is 1.00. The van der Waals surface area contributed by atoms with Crippen LogP contribution < -0.4 is 0 Å². The fourth-order valence-electron chi connectivity index (χ4n) is 2.71. The monoisotopic (exact) mass is 228 g/mol. The Kier molecular flexibility index (Phi) is 3.24. The van der Waals surface area contributed by atoms with Gasteiger partial charge < -0.3 is 9.84 Å². The van der Waals surface area contributed by atoms with Crippen molar-refractivity contribution in [1.82, 2.24) is 0 Å². The van der Waals surface area contributed by atoms with E-state index in [1.807, 2.05) is 13.8 Å². The lowest BCUT2D eigenvalue weighted by atomic mass is 9.75. The highest BCUT2D eigenvalue weighted by Gasteiger charge is 2.55. The highest BCUT2D eigenvalue weighted by atomic mass is 16.5. The summed E-state index contributed by atoms with van der Waals surface area (Å²) >= 11 is 0. The third-order valence-electron chi connectivity index (χ3n) is 3.66. The number of hydrogen-bond acceptors (Lipinski definition) is 2. The van der Waals surface area contributed by atoms with Crippen LogP contribution in [0.15, 0.2) is 0 Å². The Balaban J connectivity index is 2.77. The Bertz CT molecular complexity index is 260. The molecular formula is C14H28O2. The highest BCUT2D eigenvalue weighted by molar-refractivity contribution is 5.06. The predicted octanol–water partition coefficient (Wildman–Crippen LogP) is 3.52. The van der Waals surface area contributed by atoms with Crippen LogP contribution >= 0.6 is 0 Å². The quantitative estimate of drug-likeness (QED) is 0.783. The molecule has 0 aliphatic carbocycles. The van der Waals surface area contributed by atoms with E-state index in [1.54, 1.807) is 0 Å². The van der Waals surface area contributed by atoms with E-state index in [2.05, 4.69) is 34.6 Å². The normalized spacial score (nSPS) is 33.0. The summed E-state index contributed by atoms with van der Waals surface area (Å²) in [6.45, 7) is 14.8. The van der Waals surface area contributed by atoms with Crippen molar-refractivity contribution in [3.63, 3.8) is 0 Å². The van der Waals surface area contributed by atoms with Gasteiger partial charge >= 0.3 is 0 Å². The molecule has 0 bridgehead atoms. The Labute approximate surface area is 100 Å². The van der Waals surface area contributed by atoms with E-state index < -0.39 is 11.2 Å². The highest BCUT2D eigenvalue weighted by Crippen LogP contribution is 2.48. The van der Waals surface area contributed by atoms with Gasteiger partial charge in [-0.15, -0.1) is 0 Å². The van der Waals surface area contributed by atoms with Gasteiger partial charge in [0.15, 0.2) is 0 Å². The van der Waals surface area contributed by atoms with E-state index in [0.717, 1.165) is 19.3 Å². The van der Waals surface area contributed by atoms with Crippen molar-refractivity contribution >= 4 is 0 Å². The zero-order valence-corrected chi connectivity index (χ0v) is 12.0. The summed E-state index contributed by atoms with van der Waals surface area (Å²) in [6, 6.07) is 0. The number of rotatable bonds is 2. The van der Waals surface area contributed by atoms with Crippen LogP contribution in [0.5, 0.6) is 0 Å². The van der Waals surface area contributed by atoms with Gasteiger partial charge in [0.05, 0.1) is 16.8 Å². The van der Waals surface area contributed by atoms with E-state index in [1.165, 1.54) is 0 Å². The first kappa shape index (κ1) is 14.0. The molecule has 1 fully saturated rings. The lowest BCUT2D eigenvalue weighted by Crippen LogP contribution is -2.46. The molecule has 2 heteroatoms. The van der Waals surface area contributed by atoms with Crippen LogP contribution in [0.3, 0.4) is 0 Å². The van der Waals surface area contributed by atoms with Gasteiger partial charge in [-0.1, -0.05) is 20.8 Å². The molecule has 16 heavy (non-hydrogen) atoms. The predicted molar refractivity (Wildman–Crippen MR) is 67.5 cm³/mol. The van der Waals surface area contributed by atoms with Crippen LogP contribution in [0, 0.1) is 5.41 Å². The molecule has 0 aromatic carbocycles.